The van der Waals surface area contributed by atoms with Gasteiger partial charge in [-0.1, -0.05) is 30.7 Å². The molecule has 1 aromatic heterocycles. The molecule has 0 aliphatic carbocycles. The maximum atomic E-state index is 12.6. The largest absolute Gasteiger partial charge is 0.396 e. The minimum atomic E-state index is -0.138. The Morgan fingerprint density at radius 2 is 2.07 bits per heavy atom. The molecule has 0 aliphatic heterocycles. The van der Waals surface area contributed by atoms with Gasteiger partial charge in [0.1, 0.15) is 0 Å². The number of aliphatic hydroxyl groups is 1. The molecular formula is C22H24ClN3O2S. The molecule has 29 heavy (non-hydrogen) atoms. The van der Waals surface area contributed by atoms with Crippen LogP contribution in [0.2, 0.25) is 5.02 Å². The predicted octanol–water partition coefficient (Wildman–Crippen LogP) is 4.33. The monoisotopic (exact) mass is 429 g/mol. The van der Waals surface area contributed by atoms with E-state index in [1.165, 1.54) is 5.56 Å². The fourth-order valence-corrected chi connectivity index (χ4v) is 3.59. The van der Waals surface area contributed by atoms with Crippen LogP contribution in [0.4, 0.5) is 5.69 Å². The molecule has 0 amide bonds. The number of benzene rings is 2. The molecule has 0 bridgehead atoms. The molecule has 152 valence electrons. The van der Waals surface area contributed by atoms with Crippen molar-refractivity contribution in [1.29, 1.82) is 0 Å². The number of H-pyrrole nitrogens is 1. The van der Waals surface area contributed by atoms with Crippen molar-refractivity contribution in [3.8, 4) is 0 Å². The van der Waals surface area contributed by atoms with Gasteiger partial charge >= 0.3 is 0 Å². The number of nitrogens with one attached hydrogen (secondary N) is 2. The van der Waals surface area contributed by atoms with Crippen molar-refractivity contribution in [2.75, 3.05) is 18.5 Å². The first kappa shape index (κ1) is 21.3. The highest BCUT2D eigenvalue weighted by atomic mass is 35.5. The summed E-state index contributed by atoms with van der Waals surface area (Å²) in [5.74, 6) is 0. The fourth-order valence-electron chi connectivity index (χ4n) is 3.13. The molecule has 3 rings (SSSR count). The number of aromatic amines is 1. The van der Waals surface area contributed by atoms with Gasteiger partial charge in [-0.25, -0.2) is 0 Å². The van der Waals surface area contributed by atoms with Crippen molar-refractivity contribution >= 4 is 45.5 Å². The molecule has 5 nitrogen and oxygen atoms in total. The molecule has 0 saturated heterocycles. The highest BCUT2D eigenvalue weighted by Gasteiger charge is 2.14. The van der Waals surface area contributed by atoms with Crippen LogP contribution in [0.15, 0.2) is 53.3 Å². The zero-order valence-electron chi connectivity index (χ0n) is 16.2. The van der Waals surface area contributed by atoms with Gasteiger partial charge in [-0.2, -0.15) is 0 Å². The number of aromatic nitrogens is 1. The molecule has 0 aliphatic rings. The van der Waals surface area contributed by atoms with E-state index in [0.717, 1.165) is 23.0 Å². The van der Waals surface area contributed by atoms with Crippen molar-refractivity contribution in [1.82, 2.24) is 9.88 Å². The highest BCUT2D eigenvalue weighted by Crippen LogP contribution is 2.18. The molecule has 1 heterocycles. The summed E-state index contributed by atoms with van der Waals surface area (Å²) < 4.78 is 0. The lowest BCUT2D eigenvalue weighted by Gasteiger charge is -2.25. The van der Waals surface area contributed by atoms with E-state index >= 15 is 0 Å². The van der Waals surface area contributed by atoms with E-state index in [-0.39, 0.29) is 12.2 Å². The Morgan fingerprint density at radius 3 is 2.79 bits per heavy atom. The number of aryl methyl sites for hydroxylation is 1. The summed E-state index contributed by atoms with van der Waals surface area (Å²) in [5, 5.41) is 14.5. The van der Waals surface area contributed by atoms with Gasteiger partial charge in [0.15, 0.2) is 5.11 Å². The van der Waals surface area contributed by atoms with Crippen LogP contribution in [0.25, 0.3) is 10.9 Å². The Labute approximate surface area is 180 Å². The van der Waals surface area contributed by atoms with Gasteiger partial charge in [-0.05, 0) is 72.4 Å². The first-order chi connectivity index (χ1) is 14.0. The maximum absolute atomic E-state index is 12.6. The number of halogens is 1. The molecule has 0 unspecified atom stereocenters. The van der Waals surface area contributed by atoms with Crippen LogP contribution in [0.1, 0.15) is 24.5 Å². The standard InChI is InChI=1S/C22H24ClN3O2S/c1-2-15-7-8-20-16(11-15)12-17(21(28)25-20)14-26(9-4-10-27)22(29)24-19-6-3-5-18(23)13-19/h3,5-8,11-13,27H,2,4,9-10,14H2,1H3,(H,24,29)(H,25,28). The minimum Gasteiger partial charge on any atom is -0.396 e. The predicted molar refractivity (Wildman–Crippen MR) is 124 cm³/mol. The summed E-state index contributed by atoms with van der Waals surface area (Å²) in [6, 6.07) is 15.3. The second kappa shape index (κ2) is 9.87. The van der Waals surface area contributed by atoms with E-state index in [0.29, 0.717) is 35.2 Å². The second-order valence-corrected chi connectivity index (χ2v) is 7.66. The average molecular weight is 430 g/mol. The summed E-state index contributed by atoms with van der Waals surface area (Å²) in [7, 11) is 0. The van der Waals surface area contributed by atoms with Crippen LogP contribution in [0.3, 0.4) is 0 Å². The van der Waals surface area contributed by atoms with Gasteiger partial charge < -0.3 is 20.3 Å². The maximum Gasteiger partial charge on any atom is 0.253 e. The number of hydrogen-bond donors (Lipinski definition) is 3. The number of aliphatic hydroxyl groups excluding tert-OH is 1. The smallest absolute Gasteiger partial charge is 0.253 e. The van der Waals surface area contributed by atoms with Gasteiger partial charge in [-0.15, -0.1) is 0 Å². The van der Waals surface area contributed by atoms with Gasteiger partial charge in [0.05, 0.1) is 6.54 Å². The number of hydrogen-bond acceptors (Lipinski definition) is 3. The lowest BCUT2D eigenvalue weighted by molar-refractivity contribution is 0.266. The average Bonchev–Trinajstić information content (AvgIpc) is 2.71. The topological polar surface area (TPSA) is 68.4 Å². The number of fused-ring (bicyclic) bond motifs is 1. The Bertz CT molecular complexity index is 1070. The van der Waals surface area contributed by atoms with E-state index in [9.17, 15) is 9.90 Å². The summed E-state index contributed by atoms with van der Waals surface area (Å²) in [6.07, 6.45) is 1.48. The quantitative estimate of drug-likeness (QED) is 0.488. The van der Waals surface area contributed by atoms with Crippen LogP contribution in [-0.2, 0) is 13.0 Å². The SMILES string of the molecule is CCc1ccc2[nH]c(=O)c(CN(CCCO)C(=S)Nc3cccc(Cl)c3)cc2c1. The normalized spacial score (nSPS) is 10.9. The van der Waals surface area contributed by atoms with Crippen LogP contribution >= 0.6 is 23.8 Å². The number of anilines is 1. The summed E-state index contributed by atoms with van der Waals surface area (Å²) in [4.78, 5) is 17.4. The Morgan fingerprint density at radius 1 is 1.24 bits per heavy atom. The lowest BCUT2D eigenvalue weighted by atomic mass is 10.1. The van der Waals surface area contributed by atoms with Gasteiger partial charge in [-0.3, -0.25) is 4.79 Å². The second-order valence-electron chi connectivity index (χ2n) is 6.84. The molecule has 7 heteroatoms. The van der Waals surface area contributed by atoms with E-state index in [4.69, 9.17) is 23.8 Å². The molecular weight excluding hydrogens is 406 g/mol. The molecule has 2 aromatic carbocycles. The molecule has 0 atom stereocenters. The molecule has 0 fully saturated rings. The third kappa shape index (κ3) is 5.56. The summed E-state index contributed by atoms with van der Waals surface area (Å²) >= 11 is 11.6. The van der Waals surface area contributed by atoms with Crippen molar-refractivity contribution in [3.63, 3.8) is 0 Å². The number of rotatable bonds is 7. The first-order valence-corrected chi connectivity index (χ1v) is 10.4. The van der Waals surface area contributed by atoms with Crippen LogP contribution in [0, 0.1) is 0 Å². The van der Waals surface area contributed by atoms with Crippen molar-refractivity contribution in [3.05, 3.63) is 75.0 Å². The Balaban J connectivity index is 1.86. The molecule has 0 radical (unpaired) electrons. The summed E-state index contributed by atoms with van der Waals surface area (Å²) in [5.41, 5.74) is 3.29. The van der Waals surface area contributed by atoms with E-state index in [1.54, 1.807) is 12.1 Å². The molecule has 0 saturated carbocycles. The zero-order valence-corrected chi connectivity index (χ0v) is 17.8. The van der Waals surface area contributed by atoms with Crippen molar-refractivity contribution in [2.45, 2.75) is 26.3 Å². The zero-order chi connectivity index (χ0) is 20.8. The highest BCUT2D eigenvalue weighted by molar-refractivity contribution is 7.80. The Kier molecular flexibility index (Phi) is 7.25. The van der Waals surface area contributed by atoms with Crippen LogP contribution < -0.4 is 10.9 Å². The molecule has 3 N–H and O–H groups in total. The van der Waals surface area contributed by atoms with E-state index in [2.05, 4.69) is 23.3 Å². The molecule has 0 spiro atoms. The number of nitrogens with zero attached hydrogens (tertiary/aromatic N) is 1. The van der Waals surface area contributed by atoms with Gasteiger partial charge in [0.2, 0.25) is 0 Å². The lowest BCUT2D eigenvalue weighted by Crippen LogP contribution is -2.37. The van der Waals surface area contributed by atoms with Crippen LogP contribution in [0.5, 0.6) is 0 Å². The summed E-state index contributed by atoms with van der Waals surface area (Å²) in [6.45, 7) is 3.01. The fraction of sp³-hybridized carbons (Fsp3) is 0.273. The minimum absolute atomic E-state index is 0.0458. The van der Waals surface area contributed by atoms with Gasteiger partial charge in [0.25, 0.3) is 5.56 Å². The number of thiocarbonyl (C=S) groups is 1. The van der Waals surface area contributed by atoms with Crippen LogP contribution in [-0.4, -0.2) is 33.3 Å². The van der Waals surface area contributed by atoms with E-state index in [1.807, 2.05) is 35.2 Å². The Hall–Kier alpha value is -2.41. The van der Waals surface area contributed by atoms with Gasteiger partial charge in [0, 0.05) is 34.9 Å². The third-order valence-corrected chi connectivity index (χ3v) is 5.30. The molecule has 3 aromatic rings. The van der Waals surface area contributed by atoms with Crippen molar-refractivity contribution < 1.29 is 5.11 Å². The van der Waals surface area contributed by atoms with Crippen molar-refractivity contribution in [2.24, 2.45) is 0 Å². The van der Waals surface area contributed by atoms with E-state index < -0.39 is 0 Å². The first-order valence-electron chi connectivity index (χ1n) is 9.57. The number of pyridine rings is 1. The third-order valence-electron chi connectivity index (χ3n) is 4.70.